The van der Waals surface area contributed by atoms with E-state index in [2.05, 4.69) is 10.3 Å². The monoisotopic (exact) mass is 365 g/mol. The first-order chi connectivity index (χ1) is 13.0. The largest absolute Gasteiger partial charge is 0.478 e. The van der Waals surface area contributed by atoms with E-state index in [9.17, 15) is 19.1 Å². The van der Waals surface area contributed by atoms with Gasteiger partial charge >= 0.3 is 5.97 Å². The van der Waals surface area contributed by atoms with E-state index in [-0.39, 0.29) is 22.7 Å². The number of hydrogen-bond donors (Lipinski definition) is 2. The molecule has 1 aliphatic heterocycles. The van der Waals surface area contributed by atoms with Crippen LogP contribution in [0.5, 0.6) is 0 Å². The van der Waals surface area contributed by atoms with Crippen molar-refractivity contribution in [3.63, 3.8) is 0 Å². The predicted molar refractivity (Wildman–Crippen MR) is 96.4 cm³/mol. The molecule has 0 fully saturated rings. The molecule has 0 bridgehead atoms. The lowest BCUT2D eigenvalue weighted by molar-refractivity contribution is 0.0690. The number of Topliss-reactive ketones (excluding diaryl/α,β-unsaturated/α-hetero) is 1. The number of aryl methyl sites for hydroxylation is 1. The normalized spacial score (nSPS) is 18.7. The summed E-state index contributed by atoms with van der Waals surface area (Å²) in [6, 6.07) is 10.1. The van der Waals surface area contributed by atoms with Gasteiger partial charge in [-0.2, -0.15) is 0 Å². The standard InChI is InChI=1S/C20H16FN3O3/c1-24-10-9-22-19(24)16-17(11-5-7-12(21)8-6-11)23-14-4-2-3-13(20(26)27)15(14)18(16)25/h2-10,16-17,23H,1H3,(H,26,27). The van der Waals surface area contributed by atoms with Crippen LogP contribution >= 0.6 is 0 Å². The van der Waals surface area contributed by atoms with E-state index >= 15 is 0 Å². The number of aromatic carboxylic acids is 1. The van der Waals surface area contributed by atoms with Crippen molar-refractivity contribution in [1.82, 2.24) is 9.55 Å². The molecule has 0 saturated heterocycles. The Morgan fingerprint density at radius 3 is 2.59 bits per heavy atom. The quantitative estimate of drug-likeness (QED) is 0.743. The molecule has 136 valence electrons. The van der Waals surface area contributed by atoms with Crippen molar-refractivity contribution >= 4 is 17.4 Å². The van der Waals surface area contributed by atoms with Crippen molar-refractivity contribution in [2.45, 2.75) is 12.0 Å². The first-order valence-electron chi connectivity index (χ1n) is 8.37. The van der Waals surface area contributed by atoms with Crippen LogP contribution in [-0.4, -0.2) is 26.4 Å². The lowest BCUT2D eigenvalue weighted by Crippen LogP contribution is -2.34. The zero-order chi connectivity index (χ0) is 19.1. The maximum atomic E-state index is 13.4. The summed E-state index contributed by atoms with van der Waals surface area (Å²) >= 11 is 0. The molecular formula is C20H16FN3O3. The Balaban J connectivity index is 1.92. The van der Waals surface area contributed by atoms with E-state index in [1.54, 1.807) is 48.3 Å². The Labute approximate surface area is 154 Å². The highest BCUT2D eigenvalue weighted by molar-refractivity contribution is 6.14. The number of carboxylic acids is 1. The van der Waals surface area contributed by atoms with Crippen LogP contribution in [-0.2, 0) is 7.05 Å². The smallest absolute Gasteiger partial charge is 0.336 e. The predicted octanol–water partition coefficient (Wildman–Crippen LogP) is 3.39. The molecule has 0 amide bonds. The van der Waals surface area contributed by atoms with Crippen molar-refractivity contribution in [1.29, 1.82) is 0 Å². The van der Waals surface area contributed by atoms with Crippen LogP contribution in [0.25, 0.3) is 0 Å². The number of hydrogen-bond acceptors (Lipinski definition) is 4. The molecule has 1 aromatic heterocycles. The van der Waals surface area contributed by atoms with E-state index in [1.165, 1.54) is 18.2 Å². The van der Waals surface area contributed by atoms with Gasteiger partial charge in [0.15, 0.2) is 5.78 Å². The molecule has 0 radical (unpaired) electrons. The molecule has 2 aromatic carbocycles. The number of ketones is 1. The zero-order valence-corrected chi connectivity index (χ0v) is 14.4. The molecule has 7 heteroatoms. The number of imidazole rings is 1. The third-order valence-electron chi connectivity index (χ3n) is 4.83. The van der Waals surface area contributed by atoms with Gasteiger partial charge in [0.2, 0.25) is 0 Å². The van der Waals surface area contributed by atoms with E-state index in [0.717, 1.165) is 0 Å². The van der Waals surface area contributed by atoms with Gasteiger partial charge in [-0.05, 0) is 29.8 Å². The van der Waals surface area contributed by atoms with E-state index in [1.807, 2.05) is 0 Å². The molecular weight excluding hydrogens is 349 g/mol. The summed E-state index contributed by atoms with van der Waals surface area (Å²) < 4.78 is 15.1. The second kappa shape index (κ2) is 6.35. The Hall–Kier alpha value is -3.48. The molecule has 0 spiro atoms. The molecule has 27 heavy (non-hydrogen) atoms. The van der Waals surface area contributed by atoms with E-state index in [4.69, 9.17) is 0 Å². The molecule has 0 aliphatic carbocycles. The van der Waals surface area contributed by atoms with Crippen molar-refractivity contribution < 1.29 is 19.1 Å². The highest BCUT2D eigenvalue weighted by Gasteiger charge is 2.41. The summed E-state index contributed by atoms with van der Waals surface area (Å²) in [6.07, 6.45) is 3.31. The SMILES string of the molecule is Cn1ccnc1C1C(=O)c2c(cccc2C(=O)O)NC1c1ccc(F)cc1. The molecule has 0 saturated carbocycles. The van der Waals surface area contributed by atoms with Gasteiger partial charge in [0.1, 0.15) is 17.6 Å². The molecule has 2 N–H and O–H groups in total. The number of carbonyl (C=O) groups excluding carboxylic acids is 1. The van der Waals surface area contributed by atoms with Crippen molar-refractivity contribution in [2.75, 3.05) is 5.32 Å². The third-order valence-corrected chi connectivity index (χ3v) is 4.83. The second-order valence-electron chi connectivity index (χ2n) is 6.45. The summed E-state index contributed by atoms with van der Waals surface area (Å²) in [4.78, 5) is 29.3. The molecule has 4 rings (SSSR count). The minimum atomic E-state index is -1.17. The summed E-state index contributed by atoms with van der Waals surface area (Å²) in [5.41, 5.74) is 1.24. The Bertz CT molecular complexity index is 1040. The van der Waals surface area contributed by atoms with Crippen LogP contribution in [0.4, 0.5) is 10.1 Å². The summed E-state index contributed by atoms with van der Waals surface area (Å²) in [7, 11) is 1.77. The van der Waals surface area contributed by atoms with E-state index < -0.39 is 17.9 Å². The number of rotatable bonds is 3. The fourth-order valence-electron chi connectivity index (χ4n) is 3.56. The maximum Gasteiger partial charge on any atom is 0.336 e. The highest BCUT2D eigenvalue weighted by atomic mass is 19.1. The van der Waals surface area contributed by atoms with Gasteiger partial charge in [0.25, 0.3) is 0 Å². The first kappa shape index (κ1) is 17.0. The number of carboxylic acid groups (broad SMARTS) is 1. The molecule has 2 atom stereocenters. The lowest BCUT2D eigenvalue weighted by atomic mass is 9.80. The third kappa shape index (κ3) is 2.77. The average molecular weight is 365 g/mol. The average Bonchev–Trinajstić information content (AvgIpc) is 3.07. The Morgan fingerprint density at radius 2 is 1.96 bits per heavy atom. The number of nitrogens with one attached hydrogen (secondary N) is 1. The van der Waals surface area contributed by atoms with E-state index in [0.29, 0.717) is 17.1 Å². The fraction of sp³-hybridized carbons (Fsp3) is 0.150. The van der Waals surface area contributed by atoms with Gasteiger partial charge in [0.05, 0.1) is 17.2 Å². The molecule has 6 nitrogen and oxygen atoms in total. The minimum absolute atomic E-state index is 0.0539. The van der Waals surface area contributed by atoms with Crippen LogP contribution < -0.4 is 5.32 Å². The van der Waals surface area contributed by atoms with Crippen molar-refractivity contribution in [3.05, 3.63) is 83.2 Å². The zero-order valence-electron chi connectivity index (χ0n) is 14.4. The van der Waals surface area contributed by atoms with Crippen LogP contribution in [0.2, 0.25) is 0 Å². The number of anilines is 1. The molecule has 1 aliphatic rings. The van der Waals surface area contributed by atoms with Gasteiger partial charge in [-0.15, -0.1) is 0 Å². The summed E-state index contributed by atoms with van der Waals surface area (Å²) in [6.45, 7) is 0. The molecule has 2 unspecified atom stereocenters. The van der Waals surface area contributed by atoms with Crippen molar-refractivity contribution in [2.24, 2.45) is 7.05 Å². The van der Waals surface area contributed by atoms with Crippen LogP contribution in [0, 0.1) is 5.82 Å². The van der Waals surface area contributed by atoms with Crippen LogP contribution in [0.15, 0.2) is 54.9 Å². The van der Waals surface area contributed by atoms with Gasteiger partial charge < -0.3 is 15.0 Å². The number of fused-ring (bicyclic) bond motifs is 1. The first-order valence-corrected chi connectivity index (χ1v) is 8.37. The number of nitrogens with zero attached hydrogens (tertiary/aromatic N) is 2. The number of carbonyl (C=O) groups is 2. The number of benzene rings is 2. The molecule has 2 heterocycles. The van der Waals surface area contributed by atoms with Crippen molar-refractivity contribution in [3.8, 4) is 0 Å². The minimum Gasteiger partial charge on any atom is -0.478 e. The number of aromatic nitrogens is 2. The topological polar surface area (TPSA) is 84.2 Å². The highest BCUT2D eigenvalue weighted by Crippen LogP contribution is 2.42. The van der Waals surface area contributed by atoms with Gasteiger partial charge in [0, 0.05) is 25.1 Å². The lowest BCUT2D eigenvalue weighted by Gasteiger charge is -2.34. The summed E-state index contributed by atoms with van der Waals surface area (Å²) in [5.74, 6) is -2.11. The van der Waals surface area contributed by atoms with Crippen LogP contribution in [0.3, 0.4) is 0 Å². The van der Waals surface area contributed by atoms with Gasteiger partial charge in [-0.3, -0.25) is 4.79 Å². The Morgan fingerprint density at radius 1 is 1.22 bits per heavy atom. The fourth-order valence-corrected chi connectivity index (χ4v) is 3.56. The van der Waals surface area contributed by atoms with Gasteiger partial charge in [-0.25, -0.2) is 14.2 Å². The second-order valence-corrected chi connectivity index (χ2v) is 6.45. The Kier molecular flexibility index (Phi) is 3.99. The number of halogens is 1. The maximum absolute atomic E-state index is 13.4. The molecule has 3 aromatic rings. The van der Waals surface area contributed by atoms with Gasteiger partial charge in [-0.1, -0.05) is 18.2 Å². The summed E-state index contributed by atoms with van der Waals surface area (Å²) in [5, 5.41) is 12.8. The van der Waals surface area contributed by atoms with Crippen LogP contribution in [0.1, 0.15) is 44.1 Å².